The molecule has 0 unspecified atom stereocenters. The maximum absolute atomic E-state index is 13.1. The van der Waals surface area contributed by atoms with Crippen molar-refractivity contribution in [2.24, 2.45) is 0 Å². The molecule has 1 aliphatic rings. The van der Waals surface area contributed by atoms with Gasteiger partial charge in [-0.25, -0.2) is 4.98 Å². The Morgan fingerprint density at radius 2 is 1.73 bits per heavy atom. The Balaban J connectivity index is 1.90. The number of pyridine rings is 1. The van der Waals surface area contributed by atoms with Crippen molar-refractivity contribution < 1.29 is 4.79 Å². The Kier molecular flexibility index (Phi) is 3.61. The number of anilines is 2. The molecule has 26 heavy (non-hydrogen) atoms. The molecule has 0 N–H and O–H groups in total. The molecule has 2 aromatic heterocycles. The number of rotatable bonds is 2. The number of fused-ring (bicyclic) bond motifs is 1. The van der Waals surface area contributed by atoms with Gasteiger partial charge in [-0.15, -0.1) is 0 Å². The molecule has 0 fully saturated rings. The summed E-state index contributed by atoms with van der Waals surface area (Å²) in [6.45, 7) is 7.75. The third-order valence-electron chi connectivity index (χ3n) is 4.85. The molecular formula is C21H20N4O. The van der Waals surface area contributed by atoms with Crippen molar-refractivity contribution in [2.75, 3.05) is 4.90 Å². The Labute approximate surface area is 152 Å². The lowest BCUT2D eigenvalue weighted by molar-refractivity contribution is -0.121. The smallest absolute Gasteiger partial charge is 0.242 e. The molecule has 1 aromatic carbocycles. The van der Waals surface area contributed by atoms with E-state index >= 15 is 0 Å². The molecule has 0 spiro atoms. The van der Waals surface area contributed by atoms with Gasteiger partial charge in [-0.2, -0.15) is 0 Å². The van der Waals surface area contributed by atoms with E-state index in [4.69, 9.17) is 0 Å². The highest BCUT2D eigenvalue weighted by atomic mass is 16.2. The molecule has 0 atom stereocenters. The van der Waals surface area contributed by atoms with E-state index < -0.39 is 5.41 Å². The summed E-state index contributed by atoms with van der Waals surface area (Å²) < 4.78 is 0. The first-order chi connectivity index (χ1) is 12.4. The molecule has 1 aliphatic heterocycles. The van der Waals surface area contributed by atoms with Crippen LogP contribution in [0.15, 0.2) is 48.9 Å². The fourth-order valence-corrected chi connectivity index (χ4v) is 3.44. The minimum Gasteiger partial charge on any atom is -0.273 e. The summed E-state index contributed by atoms with van der Waals surface area (Å²) in [5.41, 5.74) is 5.13. The second-order valence-electron chi connectivity index (χ2n) is 7.20. The number of hydrogen-bond acceptors (Lipinski definition) is 4. The van der Waals surface area contributed by atoms with Crippen molar-refractivity contribution in [1.82, 2.24) is 15.0 Å². The normalized spacial score (nSPS) is 15.2. The molecular weight excluding hydrogens is 324 g/mol. The van der Waals surface area contributed by atoms with Gasteiger partial charge in [-0.1, -0.05) is 12.1 Å². The number of carbonyl (C=O) groups is 1. The van der Waals surface area contributed by atoms with Crippen LogP contribution in [0.2, 0.25) is 0 Å². The van der Waals surface area contributed by atoms with E-state index in [1.807, 2.05) is 45.9 Å². The Bertz CT molecular complexity index is 1030. The van der Waals surface area contributed by atoms with Gasteiger partial charge in [-0.05, 0) is 62.6 Å². The highest BCUT2D eigenvalue weighted by Crippen LogP contribution is 2.46. The molecule has 0 radical (unpaired) electrons. The van der Waals surface area contributed by atoms with E-state index in [1.165, 1.54) is 0 Å². The summed E-state index contributed by atoms with van der Waals surface area (Å²) in [5, 5.41) is 0. The summed E-state index contributed by atoms with van der Waals surface area (Å²) in [5.74, 6) is 0.570. The van der Waals surface area contributed by atoms with Crippen molar-refractivity contribution in [3.8, 4) is 11.1 Å². The summed E-state index contributed by atoms with van der Waals surface area (Å²) >= 11 is 0. The lowest BCUT2D eigenvalue weighted by atomic mass is 9.85. The Hall–Kier alpha value is -3.08. The van der Waals surface area contributed by atoms with Gasteiger partial charge in [0, 0.05) is 18.1 Å². The SMILES string of the molecule is Cc1cc(-c2ccc3c(c2)N(c2cncc(C)n2)C(=O)C3(C)C)ccn1. The van der Waals surface area contributed by atoms with Crippen molar-refractivity contribution in [3.05, 3.63) is 65.9 Å². The van der Waals surface area contributed by atoms with Crippen LogP contribution < -0.4 is 4.90 Å². The predicted molar refractivity (Wildman–Crippen MR) is 101 cm³/mol. The van der Waals surface area contributed by atoms with E-state index in [1.54, 1.807) is 23.5 Å². The quantitative estimate of drug-likeness (QED) is 0.702. The number of benzene rings is 1. The van der Waals surface area contributed by atoms with Gasteiger partial charge >= 0.3 is 0 Å². The van der Waals surface area contributed by atoms with E-state index in [9.17, 15) is 4.79 Å². The summed E-state index contributed by atoms with van der Waals surface area (Å²) in [6, 6.07) is 10.2. The van der Waals surface area contributed by atoms with Crippen LogP contribution in [0.1, 0.15) is 30.8 Å². The predicted octanol–water partition coefficient (Wildman–Crippen LogP) is 4.11. The monoisotopic (exact) mass is 344 g/mol. The molecule has 0 aliphatic carbocycles. The number of aromatic nitrogens is 3. The number of amides is 1. The van der Waals surface area contributed by atoms with Crippen LogP contribution >= 0.6 is 0 Å². The zero-order chi connectivity index (χ0) is 18.5. The van der Waals surface area contributed by atoms with Crippen LogP contribution in [0.3, 0.4) is 0 Å². The standard InChI is InChI=1S/C21H20N4O/c1-13-9-16(7-8-23-13)15-5-6-17-18(10-15)25(20(26)21(17,3)4)19-12-22-11-14(2)24-19/h5-12H,1-4H3. The van der Waals surface area contributed by atoms with E-state index in [0.29, 0.717) is 5.82 Å². The Morgan fingerprint density at radius 3 is 2.46 bits per heavy atom. The fourth-order valence-electron chi connectivity index (χ4n) is 3.44. The van der Waals surface area contributed by atoms with Crippen molar-refractivity contribution >= 4 is 17.4 Å². The lowest BCUT2D eigenvalue weighted by Crippen LogP contribution is -2.33. The molecule has 5 heteroatoms. The van der Waals surface area contributed by atoms with E-state index in [-0.39, 0.29) is 5.91 Å². The zero-order valence-corrected chi connectivity index (χ0v) is 15.3. The van der Waals surface area contributed by atoms with E-state index in [0.717, 1.165) is 33.8 Å². The van der Waals surface area contributed by atoms with Gasteiger partial charge in [0.05, 0.1) is 23.0 Å². The van der Waals surface area contributed by atoms with Gasteiger partial charge in [-0.3, -0.25) is 19.7 Å². The van der Waals surface area contributed by atoms with Crippen LogP contribution in [0.5, 0.6) is 0 Å². The fraction of sp³-hybridized carbons (Fsp3) is 0.238. The zero-order valence-electron chi connectivity index (χ0n) is 15.3. The van der Waals surface area contributed by atoms with Gasteiger partial charge in [0.15, 0.2) is 5.82 Å². The first-order valence-electron chi connectivity index (χ1n) is 8.59. The van der Waals surface area contributed by atoms with Crippen LogP contribution in [0.25, 0.3) is 11.1 Å². The van der Waals surface area contributed by atoms with Crippen LogP contribution in [-0.2, 0) is 10.2 Å². The first kappa shape index (κ1) is 16.4. The van der Waals surface area contributed by atoms with Crippen molar-refractivity contribution in [2.45, 2.75) is 33.1 Å². The maximum atomic E-state index is 13.1. The first-order valence-corrected chi connectivity index (χ1v) is 8.59. The van der Waals surface area contributed by atoms with Crippen molar-refractivity contribution in [3.63, 3.8) is 0 Å². The Morgan fingerprint density at radius 1 is 0.962 bits per heavy atom. The topological polar surface area (TPSA) is 59.0 Å². The largest absolute Gasteiger partial charge is 0.273 e. The van der Waals surface area contributed by atoms with Crippen LogP contribution in [0, 0.1) is 13.8 Å². The molecule has 3 heterocycles. The average molecular weight is 344 g/mol. The molecule has 130 valence electrons. The molecule has 1 amide bonds. The van der Waals surface area contributed by atoms with Gasteiger partial charge in [0.25, 0.3) is 0 Å². The number of hydrogen-bond donors (Lipinski definition) is 0. The molecule has 4 rings (SSSR count). The van der Waals surface area contributed by atoms with Gasteiger partial charge in [0.1, 0.15) is 0 Å². The molecule has 5 nitrogen and oxygen atoms in total. The third kappa shape index (κ3) is 2.47. The molecule has 0 saturated heterocycles. The van der Waals surface area contributed by atoms with Crippen LogP contribution in [0.4, 0.5) is 11.5 Å². The van der Waals surface area contributed by atoms with E-state index in [2.05, 4.69) is 27.1 Å². The molecule has 3 aromatic rings. The second kappa shape index (κ2) is 5.73. The number of aryl methyl sites for hydroxylation is 2. The highest BCUT2D eigenvalue weighted by molar-refractivity contribution is 6.12. The summed E-state index contributed by atoms with van der Waals surface area (Å²) in [6.07, 6.45) is 5.13. The van der Waals surface area contributed by atoms with Gasteiger partial charge in [0.2, 0.25) is 5.91 Å². The van der Waals surface area contributed by atoms with Crippen molar-refractivity contribution in [1.29, 1.82) is 0 Å². The summed E-state index contributed by atoms with van der Waals surface area (Å²) in [4.78, 5) is 27.8. The lowest BCUT2D eigenvalue weighted by Gasteiger charge is -2.19. The maximum Gasteiger partial charge on any atom is 0.242 e. The average Bonchev–Trinajstić information content (AvgIpc) is 2.81. The van der Waals surface area contributed by atoms with Crippen LogP contribution in [-0.4, -0.2) is 20.9 Å². The van der Waals surface area contributed by atoms with Gasteiger partial charge < -0.3 is 0 Å². The molecule has 0 bridgehead atoms. The number of nitrogens with zero attached hydrogens (tertiary/aromatic N) is 4. The minimum absolute atomic E-state index is 0.00968. The second-order valence-corrected chi connectivity index (χ2v) is 7.20. The minimum atomic E-state index is -0.604. The molecule has 0 saturated carbocycles. The third-order valence-corrected chi connectivity index (χ3v) is 4.85. The summed E-state index contributed by atoms with van der Waals surface area (Å²) in [7, 11) is 0. The highest BCUT2D eigenvalue weighted by Gasteiger charge is 2.45. The number of carbonyl (C=O) groups excluding carboxylic acids is 1.